The monoisotopic (exact) mass is 427 g/mol. The van der Waals surface area contributed by atoms with Gasteiger partial charge in [-0.1, -0.05) is 25.0 Å². The number of amides is 3. The first-order chi connectivity index (χ1) is 14.9. The van der Waals surface area contributed by atoms with Crippen molar-refractivity contribution in [2.45, 2.75) is 45.6 Å². The number of aryl methyl sites for hydroxylation is 1. The molecule has 1 saturated heterocycles. The van der Waals surface area contributed by atoms with Gasteiger partial charge in [-0.05, 0) is 56.0 Å². The Hall–Kier alpha value is -2.96. The lowest BCUT2D eigenvalue weighted by Crippen LogP contribution is -2.49. The second-order valence-electron chi connectivity index (χ2n) is 8.40. The lowest BCUT2D eigenvalue weighted by molar-refractivity contribution is -0.119. The number of carbonyl (C=O) groups is 2. The molecule has 0 unspecified atom stereocenters. The fraction of sp³-hybridized carbons (Fsp3) is 0.417. The third kappa shape index (κ3) is 4.55. The van der Waals surface area contributed by atoms with Crippen LogP contribution in [0, 0.1) is 24.5 Å². The van der Waals surface area contributed by atoms with Crippen molar-refractivity contribution < 1.29 is 18.4 Å². The van der Waals surface area contributed by atoms with Crippen molar-refractivity contribution in [2.24, 2.45) is 5.92 Å². The quantitative estimate of drug-likeness (QED) is 0.710. The van der Waals surface area contributed by atoms with Crippen LogP contribution in [0.5, 0.6) is 0 Å². The Labute approximate surface area is 181 Å². The van der Waals surface area contributed by atoms with Crippen molar-refractivity contribution in [1.82, 2.24) is 4.90 Å². The molecule has 164 valence electrons. The van der Waals surface area contributed by atoms with Gasteiger partial charge in [0.1, 0.15) is 11.6 Å². The number of urea groups is 1. The zero-order valence-corrected chi connectivity index (χ0v) is 17.7. The lowest BCUT2D eigenvalue weighted by Gasteiger charge is -2.36. The molecule has 7 heteroatoms. The molecule has 1 heterocycles. The molecule has 3 amide bonds. The Morgan fingerprint density at radius 2 is 1.77 bits per heavy atom. The molecule has 2 aromatic rings. The fourth-order valence-electron chi connectivity index (χ4n) is 4.43. The van der Waals surface area contributed by atoms with Crippen molar-refractivity contribution in [3.05, 3.63) is 59.2 Å². The summed E-state index contributed by atoms with van der Waals surface area (Å²) < 4.78 is 28.2. The summed E-state index contributed by atoms with van der Waals surface area (Å²) in [6, 6.07) is 8.96. The number of carbonyl (C=O) groups excluding carboxylic acids is 2. The number of benzene rings is 2. The van der Waals surface area contributed by atoms with Crippen molar-refractivity contribution in [1.29, 1.82) is 0 Å². The van der Waals surface area contributed by atoms with Gasteiger partial charge in [0.25, 0.3) is 0 Å². The summed E-state index contributed by atoms with van der Waals surface area (Å²) in [6.07, 6.45) is 4.55. The second-order valence-corrected chi connectivity index (χ2v) is 8.40. The van der Waals surface area contributed by atoms with E-state index in [0.717, 1.165) is 31.2 Å². The minimum absolute atomic E-state index is 0.00551. The Morgan fingerprint density at radius 1 is 1.06 bits per heavy atom. The SMILES string of the molecule is Cc1ccc(N2CCCN(Cc3c(F)cccc3F)C2=O)c(NC(=O)C2CCCC2)c1. The summed E-state index contributed by atoms with van der Waals surface area (Å²) in [5, 5.41) is 3.02. The van der Waals surface area contributed by atoms with Crippen LogP contribution >= 0.6 is 0 Å². The van der Waals surface area contributed by atoms with E-state index in [0.29, 0.717) is 30.9 Å². The van der Waals surface area contributed by atoms with Crippen LogP contribution in [0.3, 0.4) is 0 Å². The molecule has 0 aromatic heterocycles. The van der Waals surface area contributed by atoms with E-state index in [1.165, 1.54) is 23.1 Å². The van der Waals surface area contributed by atoms with Crippen molar-refractivity contribution >= 4 is 23.3 Å². The molecule has 4 rings (SSSR count). The predicted octanol–water partition coefficient (Wildman–Crippen LogP) is 5.23. The number of nitrogens with one attached hydrogen (secondary N) is 1. The van der Waals surface area contributed by atoms with Crippen LogP contribution in [0.4, 0.5) is 25.0 Å². The van der Waals surface area contributed by atoms with Gasteiger partial charge in [0.15, 0.2) is 0 Å². The Bertz CT molecular complexity index is 969. The van der Waals surface area contributed by atoms with E-state index < -0.39 is 11.6 Å². The minimum atomic E-state index is -0.662. The van der Waals surface area contributed by atoms with Crippen LogP contribution in [-0.2, 0) is 11.3 Å². The molecule has 1 saturated carbocycles. The first-order valence-electron chi connectivity index (χ1n) is 10.8. The number of rotatable bonds is 5. The first kappa shape index (κ1) is 21.3. The largest absolute Gasteiger partial charge is 0.324 e. The molecule has 0 spiro atoms. The van der Waals surface area contributed by atoms with E-state index >= 15 is 0 Å². The summed E-state index contributed by atoms with van der Waals surface area (Å²) >= 11 is 0. The Balaban J connectivity index is 1.57. The smallest absolute Gasteiger partial charge is 0.324 e. The maximum absolute atomic E-state index is 14.1. The average Bonchev–Trinajstić information content (AvgIpc) is 3.28. The van der Waals surface area contributed by atoms with E-state index in [2.05, 4.69) is 5.32 Å². The number of hydrogen-bond acceptors (Lipinski definition) is 2. The third-order valence-electron chi connectivity index (χ3n) is 6.15. The molecule has 0 radical (unpaired) electrons. The standard InChI is InChI=1S/C24H27F2N3O2/c1-16-10-11-22(21(14-16)27-23(30)17-6-2-3-7-17)29-13-5-12-28(24(29)31)15-18-19(25)8-4-9-20(18)26/h4,8-11,14,17H,2-3,5-7,12-13,15H2,1H3,(H,27,30). The molecule has 2 aromatic carbocycles. The summed E-state index contributed by atoms with van der Waals surface area (Å²) in [6.45, 7) is 2.69. The van der Waals surface area contributed by atoms with Gasteiger partial charge in [-0.15, -0.1) is 0 Å². The maximum atomic E-state index is 14.1. The van der Waals surface area contributed by atoms with E-state index in [-0.39, 0.29) is 30.0 Å². The van der Waals surface area contributed by atoms with Crippen molar-refractivity contribution in [3.8, 4) is 0 Å². The van der Waals surface area contributed by atoms with Gasteiger partial charge in [-0.2, -0.15) is 0 Å². The van der Waals surface area contributed by atoms with Gasteiger partial charge in [0.05, 0.1) is 17.9 Å². The molecule has 1 aliphatic heterocycles. The van der Waals surface area contributed by atoms with Crippen molar-refractivity contribution in [2.75, 3.05) is 23.3 Å². The van der Waals surface area contributed by atoms with Crippen LogP contribution in [0.1, 0.15) is 43.2 Å². The van der Waals surface area contributed by atoms with Gasteiger partial charge in [-0.25, -0.2) is 13.6 Å². The van der Waals surface area contributed by atoms with Crippen LogP contribution < -0.4 is 10.2 Å². The van der Waals surface area contributed by atoms with E-state index in [9.17, 15) is 18.4 Å². The molecule has 2 fully saturated rings. The van der Waals surface area contributed by atoms with Gasteiger partial charge in [0.2, 0.25) is 5.91 Å². The highest BCUT2D eigenvalue weighted by Gasteiger charge is 2.30. The fourth-order valence-corrected chi connectivity index (χ4v) is 4.43. The zero-order valence-electron chi connectivity index (χ0n) is 17.7. The molecule has 0 bridgehead atoms. The topological polar surface area (TPSA) is 52.6 Å². The summed E-state index contributed by atoms with van der Waals surface area (Å²) in [4.78, 5) is 29.0. The summed E-state index contributed by atoms with van der Waals surface area (Å²) in [7, 11) is 0. The van der Waals surface area contributed by atoms with Crippen LogP contribution in [0.15, 0.2) is 36.4 Å². The van der Waals surface area contributed by atoms with Crippen LogP contribution in [-0.4, -0.2) is 29.9 Å². The maximum Gasteiger partial charge on any atom is 0.324 e. The highest BCUT2D eigenvalue weighted by molar-refractivity contribution is 6.01. The zero-order chi connectivity index (χ0) is 22.0. The highest BCUT2D eigenvalue weighted by Crippen LogP contribution is 2.33. The van der Waals surface area contributed by atoms with E-state index in [1.807, 2.05) is 25.1 Å². The third-order valence-corrected chi connectivity index (χ3v) is 6.15. The highest BCUT2D eigenvalue weighted by atomic mass is 19.1. The molecule has 2 aliphatic rings. The van der Waals surface area contributed by atoms with Crippen LogP contribution in [0.25, 0.3) is 0 Å². The number of nitrogens with zero attached hydrogens (tertiary/aromatic N) is 2. The Morgan fingerprint density at radius 3 is 2.48 bits per heavy atom. The molecule has 31 heavy (non-hydrogen) atoms. The molecular formula is C24H27F2N3O2. The molecule has 1 N–H and O–H groups in total. The number of halogens is 2. The molecule has 0 atom stereocenters. The average molecular weight is 427 g/mol. The molecule has 5 nitrogen and oxygen atoms in total. The van der Waals surface area contributed by atoms with E-state index in [1.54, 1.807) is 4.90 Å². The normalized spacial score (nSPS) is 17.3. The first-order valence-corrected chi connectivity index (χ1v) is 10.8. The summed E-state index contributed by atoms with van der Waals surface area (Å²) in [5.74, 6) is -1.33. The minimum Gasteiger partial charge on any atom is -0.324 e. The number of hydrogen-bond donors (Lipinski definition) is 1. The lowest BCUT2D eigenvalue weighted by atomic mass is 10.1. The van der Waals surface area contributed by atoms with Crippen LogP contribution in [0.2, 0.25) is 0 Å². The predicted molar refractivity (Wildman–Crippen MR) is 116 cm³/mol. The van der Waals surface area contributed by atoms with Gasteiger partial charge < -0.3 is 10.2 Å². The van der Waals surface area contributed by atoms with Gasteiger partial charge >= 0.3 is 6.03 Å². The second kappa shape index (κ2) is 9.04. The number of anilines is 2. The van der Waals surface area contributed by atoms with E-state index in [4.69, 9.17) is 0 Å². The van der Waals surface area contributed by atoms with Crippen molar-refractivity contribution in [3.63, 3.8) is 0 Å². The summed E-state index contributed by atoms with van der Waals surface area (Å²) in [5.41, 5.74) is 2.07. The molecule has 1 aliphatic carbocycles. The van der Waals surface area contributed by atoms with Gasteiger partial charge in [0, 0.05) is 24.6 Å². The Kier molecular flexibility index (Phi) is 6.20. The molecular weight excluding hydrogens is 400 g/mol. The van der Waals surface area contributed by atoms with Gasteiger partial charge in [-0.3, -0.25) is 9.69 Å².